The van der Waals surface area contributed by atoms with Gasteiger partial charge in [-0.1, -0.05) is 6.92 Å². The van der Waals surface area contributed by atoms with E-state index in [0.29, 0.717) is 0 Å². The van der Waals surface area contributed by atoms with Gasteiger partial charge in [0.05, 0.1) is 3.79 Å². The molecule has 80 valence electrons. The Morgan fingerprint density at radius 1 is 1.64 bits per heavy atom. The molecule has 1 aromatic rings. The summed E-state index contributed by atoms with van der Waals surface area (Å²) >= 11 is 5.11. The van der Waals surface area contributed by atoms with Gasteiger partial charge in [0.15, 0.2) is 0 Å². The third-order valence-electron chi connectivity index (χ3n) is 1.78. The number of rotatable bonds is 6. The van der Waals surface area contributed by atoms with Gasteiger partial charge in [-0.15, -0.1) is 11.3 Å². The van der Waals surface area contributed by atoms with E-state index >= 15 is 0 Å². The highest BCUT2D eigenvalue weighted by atomic mass is 79.9. The zero-order valence-corrected chi connectivity index (χ0v) is 11.3. The van der Waals surface area contributed by atoms with Gasteiger partial charge in [-0.3, -0.25) is 4.21 Å². The van der Waals surface area contributed by atoms with Crippen molar-refractivity contribution >= 4 is 38.1 Å². The van der Waals surface area contributed by atoms with Crippen molar-refractivity contribution in [3.63, 3.8) is 0 Å². The van der Waals surface area contributed by atoms with Crippen LogP contribution in [0.15, 0.2) is 15.2 Å². The number of halogens is 1. The Morgan fingerprint density at radius 2 is 2.43 bits per heavy atom. The van der Waals surface area contributed by atoms with Gasteiger partial charge in [0.1, 0.15) is 0 Å². The van der Waals surface area contributed by atoms with Crippen LogP contribution in [0.2, 0.25) is 0 Å². The van der Waals surface area contributed by atoms with Crippen LogP contribution in [-0.2, 0) is 17.3 Å². The highest BCUT2D eigenvalue weighted by Gasteiger charge is 1.98. The second kappa shape index (κ2) is 6.71. The van der Waals surface area contributed by atoms with Gasteiger partial charge in [0, 0.05) is 35.4 Å². The highest BCUT2D eigenvalue weighted by molar-refractivity contribution is 9.11. The summed E-state index contributed by atoms with van der Waals surface area (Å²) in [7, 11) is -0.649. The van der Waals surface area contributed by atoms with Crippen LogP contribution in [0.3, 0.4) is 0 Å². The molecule has 0 aliphatic carbocycles. The molecule has 0 aliphatic heterocycles. The number of nitrogens with one attached hydrogen (secondary N) is 1. The first-order valence-electron chi connectivity index (χ1n) is 4.51. The molecule has 1 heterocycles. The Hall–Kier alpha value is 0.290. The van der Waals surface area contributed by atoms with Crippen molar-refractivity contribution in [2.75, 3.05) is 18.1 Å². The molecule has 5 heteroatoms. The molecule has 0 amide bonds. The molecule has 0 saturated carbocycles. The average molecular weight is 296 g/mol. The van der Waals surface area contributed by atoms with Gasteiger partial charge in [-0.05, 0) is 32.9 Å². The minimum absolute atomic E-state index is 0.649. The van der Waals surface area contributed by atoms with Crippen LogP contribution < -0.4 is 5.32 Å². The highest BCUT2D eigenvalue weighted by Crippen LogP contribution is 2.20. The molecule has 1 unspecified atom stereocenters. The maximum absolute atomic E-state index is 11.1. The standard InChI is InChI=1S/C9H14BrNOS2/c1-2-14(12)4-3-11-6-8-5-9(10)13-7-8/h5,7,11H,2-4,6H2,1H3. The van der Waals surface area contributed by atoms with Gasteiger partial charge >= 0.3 is 0 Å². The molecule has 1 rings (SSSR count). The molecule has 0 aromatic carbocycles. The third kappa shape index (κ3) is 4.68. The van der Waals surface area contributed by atoms with E-state index in [-0.39, 0.29) is 0 Å². The lowest BCUT2D eigenvalue weighted by atomic mass is 10.3. The molecule has 1 atom stereocenters. The topological polar surface area (TPSA) is 29.1 Å². The zero-order valence-electron chi connectivity index (χ0n) is 8.09. The van der Waals surface area contributed by atoms with E-state index < -0.39 is 10.8 Å². The summed E-state index contributed by atoms with van der Waals surface area (Å²) in [6.45, 7) is 3.64. The third-order valence-corrected chi connectivity index (χ3v) is 4.64. The summed E-state index contributed by atoms with van der Waals surface area (Å²) in [5, 5.41) is 5.39. The van der Waals surface area contributed by atoms with E-state index in [2.05, 4.69) is 32.7 Å². The van der Waals surface area contributed by atoms with Crippen LogP contribution in [0.25, 0.3) is 0 Å². The smallest absolute Gasteiger partial charge is 0.0701 e. The lowest BCUT2D eigenvalue weighted by molar-refractivity contribution is 0.674. The van der Waals surface area contributed by atoms with Gasteiger partial charge in [-0.2, -0.15) is 0 Å². The summed E-state index contributed by atoms with van der Waals surface area (Å²) in [5.41, 5.74) is 1.28. The predicted molar refractivity (Wildman–Crippen MR) is 67.3 cm³/mol. The van der Waals surface area contributed by atoms with Gasteiger partial charge in [-0.25, -0.2) is 0 Å². The van der Waals surface area contributed by atoms with Crippen LogP contribution in [-0.4, -0.2) is 22.3 Å². The van der Waals surface area contributed by atoms with Crippen LogP contribution >= 0.6 is 27.3 Å². The minimum atomic E-state index is -0.649. The quantitative estimate of drug-likeness (QED) is 0.817. The van der Waals surface area contributed by atoms with E-state index in [1.165, 1.54) is 5.56 Å². The van der Waals surface area contributed by atoms with Crippen LogP contribution in [0.1, 0.15) is 12.5 Å². The molecule has 0 spiro atoms. The van der Waals surface area contributed by atoms with E-state index in [4.69, 9.17) is 0 Å². The van der Waals surface area contributed by atoms with E-state index in [1.54, 1.807) is 11.3 Å². The molecule has 14 heavy (non-hydrogen) atoms. The van der Waals surface area contributed by atoms with Crippen LogP contribution in [0.5, 0.6) is 0 Å². The normalized spacial score (nSPS) is 13.0. The fourth-order valence-corrected chi connectivity index (χ4v) is 2.87. The van der Waals surface area contributed by atoms with Crippen LogP contribution in [0.4, 0.5) is 0 Å². The van der Waals surface area contributed by atoms with E-state index in [1.807, 2.05) is 6.92 Å². The van der Waals surface area contributed by atoms with Crippen molar-refractivity contribution in [3.8, 4) is 0 Å². The molecular weight excluding hydrogens is 282 g/mol. The Bertz CT molecular complexity index is 301. The minimum Gasteiger partial charge on any atom is -0.312 e. The fourth-order valence-electron chi connectivity index (χ4n) is 1.00. The zero-order chi connectivity index (χ0) is 10.4. The molecule has 2 nitrogen and oxygen atoms in total. The SMILES string of the molecule is CCS(=O)CCNCc1csc(Br)c1. The Labute approximate surface area is 99.7 Å². The second-order valence-corrected chi connectivity index (χ2v) is 7.02. The molecule has 0 radical (unpaired) electrons. The van der Waals surface area contributed by atoms with Crippen molar-refractivity contribution in [2.45, 2.75) is 13.5 Å². The molecule has 0 aliphatic rings. The molecule has 1 N–H and O–H groups in total. The largest absolute Gasteiger partial charge is 0.312 e. The summed E-state index contributed by atoms with van der Waals surface area (Å²) in [6.07, 6.45) is 0. The van der Waals surface area contributed by atoms with Gasteiger partial charge < -0.3 is 5.32 Å². The monoisotopic (exact) mass is 295 g/mol. The molecule has 0 bridgehead atoms. The van der Waals surface area contributed by atoms with Crippen molar-refractivity contribution < 1.29 is 4.21 Å². The lowest BCUT2D eigenvalue weighted by Gasteiger charge is -2.01. The Balaban J connectivity index is 2.13. The molecule has 0 fully saturated rings. The van der Waals surface area contributed by atoms with Crippen LogP contribution in [0, 0.1) is 0 Å². The average Bonchev–Trinajstić information content (AvgIpc) is 2.58. The Kier molecular flexibility index (Phi) is 5.93. The summed E-state index contributed by atoms with van der Waals surface area (Å²) in [5.74, 6) is 1.51. The fraction of sp³-hybridized carbons (Fsp3) is 0.556. The summed E-state index contributed by atoms with van der Waals surface area (Å²) in [6, 6.07) is 2.11. The first-order valence-corrected chi connectivity index (χ1v) is 7.67. The van der Waals surface area contributed by atoms with Crippen molar-refractivity contribution in [2.24, 2.45) is 0 Å². The predicted octanol–water partition coefficient (Wildman–Crippen LogP) is 2.37. The number of hydrogen-bond acceptors (Lipinski definition) is 3. The van der Waals surface area contributed by atoms with Crippen molar-refractivity contribution in [3.05, 3.63) is 20.8 Å². The van der Waals surface area contributed by atoms with E-state index in [0.717, 1.165) is 28.4 Å². The molecule has 0 saturated heterocycles. The first-order chi connectivity index (χ1) is 6.72. The van der Waals surface area contributed by atoms with Gasteiger partial charge in [0.25, 0.3) is 0 Å². The van der Waals surface area contributed by atoms with Crippen molar-refractivity contribution in [1.82, 2.24) is 5.32 Å². The van der Waals surface area contributed by atoms with Gasteiger partial charge in [0.2, 0.25) is 0 Å². The van der Waals surface area contributed by atoms with Crippen molar-refractivity contribution in [1.29, 1.82) is 0 Å². The first kappa shape index (κ1) is 12.4. The summed E-state index contributed by atoms with van der Waals surface area (Å²) < 4.78 is 12.3. The maximum Gasteiger partial charge on any atom is 0.0701 e. The van der Waals surface area contributed by atoms with E-state index in [9.17, 15) is 4.21 Å². The molecule has 1 aromatic heterocycles. The second-order valence-electron chi connectivity index (χ2n) is 2.87. The summed E-state index contributed by atoms with van der Waals surface area (Å²) in [4.78, 5) is 0. The lowest BCUT2D eigenvalue weighted by Crippen LogP contribution is -2.20. The Morgan fingerprint density at radius 3 is 3.00 bits per heavy atom. The number of hydrogen-bond donors (Lipinski definition) is 1. The molecular formula is C9H14BrNOS2. The maximum atomic E-state index is 11.1. The number of thiophene rings is 1.